The van der Waals surface area contributed by atoms with E-state index in [4.69, 9.17) is 4.74 Å². The number of pyridine rings is 1. The number of benzene rings is 2. The minimum Gasteiger partial charge on any atom is -0.457 e. The third-order valence-corrected chi connectivity index (χ3v) is 5.30. The number of amides is 1. The van der Waals surface area contributed by atoms with Crippen molar-refractivity contribution >= 4 is 5.91 Å². The van der Waals surface area contributed by atoms with Crippen LogP contribution in [-0.2, 0) is 11.8 Å². The Kier molecular flexibility index (Phi) is 6.54. The van der Waals surface area contributed by atoms with E-state index in [9.17, 15) is 4.79 Å². The van der Waals surface area contributed by atoms with Crippen LogP contribution in [0.4, 0.5) is 0 Å². The number of ether oxygens (including phenoxy) is 1. The van der Waals surface area contributed by atoms with Gasteiger partial charge in [-0.1, -0.05) is 45.0 Å². The van der Waals surface area contributed by atoms with Gasteiger partial charge >= 0.3 is 0 Å². The molecule has 0 unspecified atom stereocenters. The first-order valence-electron chi connectivity index (χ1n) is 11.0. The Morgan fingerprint density at radius 1 is 0.970 bits per heavy atom. The van der Waals surface area contributed by atoms with Crippen LogP contribution < -0.4 is 10.1 Å². The Morgan fingerprint density at radius 2 is 1.79 bits per heavy atom. The third kappa shape index (κ3) is 5.86. The minimum absolute atomic E-state index is 0.00423. The summed E-state index contributed by atoms with van der Waals surface area (Å²) in [6.45, 7) is 6.97. The Balaban J connectivity index is 1.35. The van der Waals surface area contributed by atoms with Gasteiger partial charge in [0.15, 0.2) is 5.82 Å². The fourth-order valence-corrected chi connectivity index (χ4v) is 3.46. The van der Waals surface area contributed by atoms with E-state index >= 15 is 0 Å². The lowest BCUT2D eigenvalue weighted by Crippen LogP contribution is -2.26. The van der Waals surface area contributed by atoms with E-state index in [1.165, 1.54) is 0 Å². The number of carbonyl (C=O) groups is 1. The van der Waals surface area contributed by atoms with Gasteiger partial charge < -0.3 is 15.0 Å². The summed E-state index contributed by atoms with van der Waals surface area (Å²) < 4.78 is 6.03. The molecule has 0 fully saturated rings. The average molecular weight is 441 g/mol. The summed E-state index contributed by atoms with van der Waals surface area (Å²) in [5.74, 6) is 2.04. The van der Waals surface area contributed by atoms with Crippen LogP contribution in [0.5, 0.6) is 11.5 Å². The van der Waals surface area contributed by atoms with Gasteiger partial charge in [-0.2, -0.15) is 0 Å². The van der Waals surface area contributed by atoms with Crippen molar-refractivity contribution in [2.45, 2.75) is 32.6 Å². The number of aromatic amines is 1. The lowest BCUT2D eigenvalue weighted by atomic mass is 9.86. The van der Waals surface area contributed by atoms with E-state index < -0.39 is 0 Å². The van der Waals surface area contributed by atoms with Crippen LogP contribution in [0, 0.1) is 0 Å². The molecule has 0 bridgehead atoms. The molecule has 4 rings (SSSR count). The molecule has 0 saturated heterocycles. The number of carbonyl (C=O) groups excluding carboxylic acids is 1. The standard InChI is InChI=1S/C27H28N4O2/c1-27(2,3)21-8-5-7-20(17-21)26(32)31-12-10-19-6-4-9-22(16-19)33-23-11-13-28-24(18-23)25-29-14-15-30-25/h4-9,11,13-18H,10,12H2,1-3H3,(H,29,30)(H,31,32). The average Bonchev–Trinajstić information content (AvgIpc) is 3.34. The minimum atomic E-state index is -0.0595. The van der Waals surface area contributed by atoms with Crippen molar-refractivity contribution in [1.82, 2.24) is 20.3 Å². The molecule has 168 valence electrons. The van der Waals surface area contributed by atoms with E-state index in [1.54, 1.807) is 18.6 Å². The second kappa shape index (κ2) is 9.69. The normalized spacial score (nSPS) is 11.2. The van der Waals surface area contributed by atoms with Gasteiger partial charge in [0, 0.05) is 36.8 Å². The molecule has 2 aromatic heterocycles. The van der Waals surface area contributed by atoms with Crippen LogP contribution in [0.2, 0.25) is 0 Å². The first-order chi connectivity index (χ1) is 15.9. The molecule has 0 saturated carbocycles. The molecule has 6 heteroatoms. The highest BCUT2D eigenvalue weighted by atomic mass is 16.5. The maximum atomic E-state index is 12.6. The van der Waals surface area contributed by atoms with Crippen molar-refractivity contribution in [1.29, 1.82) is 0 Å². The predicted molar refractivity (Wildman–Crippen MR) is 130 cm³/mol. The molecule has 2 aromatic carbocycles. The number of hydrogen-bond donors (Lipinski definition) is 2. The van der Waals surface area contributed by atoms with E-state index in [0.29, 0.717) is 35.8 Å². The van der Waals surface area contributed by atoms with Crippen molar-refractivity contribution in [3.05, 3.63) is 95.9 Å². The fourth-order valence-electron chi connectivity index (χ4n) is 3.46. The summed E-state index contributed by atoms with van der Waals surface area (Å²) in [5.41, 5.74) is 3.63. The zero-order valence-electron chi connectivity index (χ0n) is 19.1. The maximum Gasteiger partial charge on any atom is 0.251 e. The molecule has 33 heavy (non-hydrogen) atoms. The number of aromatic nitrogens is 3. The van der Waals surface area contributed by atoms with Crippen LogP contribution in [0.1, 0.15) is 42.3 Å². The van der Waals surface area contributed by atoms with Gasteiger partial charge in [0.25, 0.3) is 5.91 Å². The predicted octanol–water partition coefficient (Wildman–Crippen LogP) is 5.53. The molecular formula is C27H28N4O2. The van der Waals surface area contributed by atoms with Gasteiger partial charge in [-0.3, -0.25) is 9.78 Å². The number of hydrogen-bond acceptors (Lipinski definition) is 4. The molecule has 0 atom stereocenters. The molecule has 0 spiro atoms. The zero-order chi connectivity index (χ0) is 23.3. The molecule has 0 radical (unpaired) electrons. The van der Waals surface area contributed by atoms with Crippen molar-refractivity contribution in [2.75, 3.05) is 6.54 Å². The quantitative estimate of drug-likeness (QED) is 0.396. The number of H-pyrrole nitrogens is 1. The van der Waals surface area contributed by atoms with Gasteiger partial charge in [-0.15, -0.1) is 0 Å². The van der Waals surface area contributed by atoms with E-state index in [1.807, 2.05) is 54.6 Å². The van der Waals surface area contributed by atoms with Crippen molar-refractivity contribution in [3.63, 3.8) is 0 Å². The van der Waals surface area contributed by atoms with Crippen molar-refractivity contribution in [3.8, 4) is 23.0 Å². The van der Waals surface area contributed by atoms with E-state index in [0.717, 1.165) is 16.9 Å². The van der Waals surface area contributed by atoms with Crippen molar-refractivity contribution < 1.29 is 9.53 Å². The highest BCUT2D eigenvalue weighted by molar-refractivity contribution is 5.94. The molecule has 6 nitrogen and oxygen atoms in total. The first-order valence-corrected chi connectivity index (χ1v) is 11.0. The van der Waals surface area contributed by atoms with Crippen LogP contribution >= 0.6 is 0 Å². The smallest absolute Gasteiger partial charge is 0.251 e. The highest BCUT2D eigenvalue weighted by Gasteiger charge is 2.15. The van der Waals surface area contributed by atoms with E-state index in [2.05, 4.69) is 47.1 Å². The Morgan fingerprint density at radius 3 is 2.58 bits per heavy atom. The SMILES string of the molecule is CC(C)(C)c1cccc(C(=O)NCCc2cccc(Oc3ccnc(-c4ncc[nH]4)c3)c2)c1. The molecule has 2 N–H and O–H groups in total. The molecule has 4 aromatic rings. The van der Waals surface area contributed by atoms with Crippen LogP contribution in [-0.4, -0.2) is 27.4 Å². The number of nitrogens with one attached hydrogen (secondary N) is 2. The number of rotatable bonds is 7. The molecule has 1 amide bonds. The third-order valence-electron chi connectivity index (χ3n) is 5.30. The second-order valence-corrected chi connectivity index (χ2v) is 8.90. The van der Waals surface area contributed by atoms with Gasteiger partial charge in [-0.05, 0) is 53.3 Å². The number of nitrogens with zero attached hydrogens (tertiary/aromatic N) is 2. The molecular weight excluding hydrogens is 412 g/mol. The van der Waals surface area contributed by atoms with Gasteiger partial charge in [0.05, 0.1) is 0 Å². The van der Waals surface area contributed by atoms with Crippen LogP contribution in [0.15, 0.2) is 79.3 Å². The summed E-state index contributed by atoms with van der Waals surface area (Å²) in [7, 11) is 0. The summed E-state index contributed by atoms with van der Waals surface area (Å²) in [5, 5.41) is 3.02. The lowest BCUT2D eigenvalue weighted by Gasteiger charge is -2.19. The fraction of sp³-hybridized carbons (Fsp3) is 0.222. The Bertz CT molecular complexity index is 1230. The molecule has 2 heterocycles. The Hall–Kier alpha value is -3.93. The molecule has 0 aliphatic rings. The number of imidazole rings is 1. The topological polar surface area (TPSA) is 79.9 Å². The summed E-state index contributed by atoms with van der Waals surface area (Å²) in [6, 6.07) is 19.3. The van der Waals surface area contributed by atoms with Gasteiger partial charge in [-0.25, -0.2) is 4.98 Å². The lowest BCUT2D eigenvalue weighted by molar-refractivity contribution is 0.0954. The summed E-state index contributed by atoms with van der Waals surface area (Å²) in [6.07, 6.45) is 5.85. The molecule has 0 aliphatic carbocycles. The maximum absolute atomic E-state index is 12.6. The summed E-state index contributed by atoms with van der Waals surface area (Å²) in [4.78, 5) is 24.2. The highest BCUT2D eigenvalue weighted by Crippen LogP contribution is 2.25. The van der Waals surface area contributed by atoms with Crippen molar-refractivity contribution in [2.24, 2.45) is 0 Å². The zero-order valence-corrected chi connectivity index (χ0v) is 19.1. The largest absolute Gasteiger partial charge is 0.457 e. The summed E-state index contributed by atoms with van der Waals surface area (Å²) >= 11 is 0. The van der Waals surface area contributed by atoms with Gasteiger partial charge in [0.2, 0.25) is 0 Å². The monoisotopic (exact) mass is 440 g/mol. The van der Waals surface area contributed by atoms with E-state index in [-0.39, 0.29) is 11.3 Å². The molecule has 0 aliphatic heterocycles. The second-order valence-electron chi connectivity index (χ2n) is 8.90. The Labute approximate surface area is 194 Å². The van der Waals surface area contributed by atoms with Gasteiger partial charge in [0.1, 0.15) is 17.2 Å². The first kappa shape index (κ1) is 22.3. The van der Waals surface area contributed by atoms with Crippen LogP contribution in [0.25, 0.3) is 11.5 Å². The van der Waals surface area contributed by atoms with Crippen LogP contribution in [0.3, 0.4) is 0 Å².